The van der Waals surface area contributed by atoms with Gasteiger partial charge in [0.05, 0.1) is 11.2 Å². The number of nitrogens with zero attached hydrogens (tertiary/aromatic N) is 1. The lowest BCUT2D eigenvalue weighted by Crippen LogP contribution is -1.97. The fourth-order valence-corrected chi connectivity index (χ4v) is 0.930. The molecule has 0 amide bonds. The minimum absolute atomic E-state index is 0.0632. The molecule has 74 valence electrons. The van der Waals surface area contributed by atoms with E-state index in [1.54, 1.807) is 12.1 Å². The lowest BCUT2D eigenvalue weighted by atomic mass is 10.3. The molecule has 1 rings (SSSR count). The van der Waals surface area contributed by atoms with Gasteiger partial charge in [0.2, 0.25) is 0 Å². The van der Waals surface area contributed by atoms with Crippen molar-refractivity contribution >= 4 is 11.4 Å². The van der Waals surface area contributed by atoms with E-state index in [1.807, 2.05) is 0 Å². The molecule has 0 aromatic heterocycles. The molecule has 0 heterocycles. The molecular formula is C9H10N2O3. The van der Waals surface area contributed by atoms with Crippen molar-refractivity contribution in [2.45, 2.75) is 0 Å². The summed E-state index contributed by atoms with van der Waals surface area (Å²) in [7, 11) is 0. The van der Waals surface area contributed by atoms with Crippen LogP contribution < -0.4 is 5.32 Å². The summed E-state index contributed by atoms with van der Waals surface area (Å²) in [5, 5.41) is 21.6. The third kappa shape index (κ3) is 2.78. The molecule has 1 aromatic rings. The molecule has 1 aromatic carbocycles. The molecule has 5 nitrogen and oxygen atoms in total. The van der Waals surface area contributed by atoms with Crippen LogP contribution in [0.2, 0.25) is 0 Å². The number of anilines is 1. The van der Waals surface area contributed by atoms with E-state index in [9.17, 15) is 10.1 Å². The number of nitro groups is 1. The van der Waals surface area contributed by atoms with Gasteiger partial charge in [0.1, 0.15) is 0 Å². The van der Waals surface area contributed by atoms with Crippen LogP contribution in [0.1, 0.15) is 0 Å². The maximum absolute atomic E-state index is 10.3. The van der Waals surface area contributed by atoms with E-state index in [4.69, 9.17) is 5.11 Å². The topological polar surface area (TPSA) is 75.4 Å². The summed E-state index contributed by atoms with van der Waals surface area (Å²) in [6.07, 6.45) is 2.47. The van der Waals surface area contributed by atoms with Crippen LogP contribution in [-0.2, 0) is 0 Å². The predicted octanol–water partition coefficient (Wildman–Crippen LogP) is 2.08. The van der Waals surface area contributed by atoms with Crippen molar-refractivity contribution in [1.29, 1.82) is 0 Å². The van der Waals surface area contributed by atoms with Crippen molar-refractivity contribution in [3.63, 3.8) is 0 Å². The maximum Gasteiger partial charge on any atom is 0.269 e. The van der Waals surface area contributed by atoms with Crippen molar-refractivity contribution in [3.8, 4) is 0 Å². The normalized spacial score (nSPS) is 10.3. The molecule has 0 aliphatic heterocycles. The molecule has 5 heteroatoms. The van der Waals surface area contributed by atoms with Crippen LogP contribution in [0.25, 0.3) is 0 Å². The van der Waals surface area contributed by atoms with E-state index < -0.39 is 4.92 Å². The summed E-state index contributed by atoms with van der Waals surface area (Å²) in [5.41, 5.74) is 0.835. The first-order chi connectivity index (χ1) is 6.74. The fourth-order valence-electron chi connectivity index (χ4n) is 0.930. The van der Waals surface area contributed by atoms with E-state index in [0.717, 1.165) is 11.9 Å². The number of rotatable bonds is 4. The highest BCUT2D eigenvalue weighted by Gasteiger charge is 2.02. The molecule has 0 radical (unpaired) electrons. The summed E-state index contributed by atoms with van der Waals surface area (Å²) in [4.78, 5) is 9.87. The summed E-state index contributed by atoms with van der Waals surface area (Å²) >= 11 is 0. The maximum atomic E-state index is 10.3. The summed E-state index contributed by atoms with van der Waals surface area (Å²) in [5.74, 6) is 0. The van der Waals surface area contributed by atoms with Crippen molar-refractivity contribution in [1.82, 2.24) is 0 Å². The second-order valence-corrected chi connectivity index (χ2v) is 2.57. The fraction of sp³-hybridized carbons (Fsp3) is 0.111. The van der Waals surface area contributed by atoms with Gasteiger partial charge >= 0.3 is 0 Å². The number of benzene rings is 1. The van der Waals surface area contributed by atoms with Crippen LogP contribution in [0, 0.1) is 10.1 Å². The van der Waals surface area contributed by atoms with Crippen molar-refractivity contribution in [3.05, 3.63) is 46.7 Å². The molecule has 0 unspecified atom stereocenters. The Bertz CT molecular complexity index is 332. The zero-order valence-electron chi connectivity index (χ0n) is 7.38. The third-order valence-electron chi connectivity index (χ3n) is 1.61. The number of hydrogen-bond donors (Lipinski definition) is 2. The quantitative estimate of drug-likeness (QED) is 0.437. The van der Waals surface area contributed by atoms with E-state index in [-0.39, 0.29) is 5.69 Å². The second-order valence-electron chi connectivity index (χ2n) is 2.57. The zero-order chi connectivity index (χ0) is 10.4. The molecule has 0 atom stereocenters. The summed E-state index contributed by atoms with van der Waals surface area (Å²) < 4.78 is 0. The monoisotopic (exact) mass is 194 g/mol. The zero-order valence-corrected chi connectivity index (χ0v) is 7.38. The highest BCUT2D eigenvalue weighted by atomic mass is 16.6. The van der Waals surface area contributed by atoms with Gasteiger partial charge in [0.15, 0.2) is 0 Å². The first-order valence-corrected chi connectivity index (χ1v) is 4.01. The number of non-ortho nitro benzene ring substituents is 1. The van der Waals surface area contributed by atoms with E-state index in [2.05, 4.69) is 5.32 Å². The lowest BCUT2D eigenvalue weighted by molar-refractivity contribution is -0.384. The SMILES string of the molecule is O=[N+]([O-])c1ccc(NCC=CO)cc1. The average Bonchev–Trinajstić information content (AvgIpc) is 2.19. The molecule has 2 N–H and O–H groups in total. The molecule has 0 saturated heterocycles. The van der Waals surface area contributed by atoms with Gasteiger partial charge in [-0.05, 0) is 18.2 Å². The van der Waals surface area contributed by atoms with E-state index >= 15 is 0 Å². The number of nitrogens with one attached hydrogen (secondary N) is 1. The molecule has 0 aliphatic carbocycles. The Morgan fingerprint density at radius 2 is 2.07 bits per heavy atom. The molecule has 0 saturated carbocycles. The van der Waals surface area contributed by atoms with Gasteiger partial charge in [0, 0.05) is 24.4 Å². The van der Waals surface area contributed by atoms with E-state index in [1.165, 1.54) is 18.2 Å². The smallest absolute Gasteiger partial charge is 0.269 e. The molecule has 0 fully saturated rings. The highest BCUT2D eigenvalue weighted by molar-refractivity contribution is 5.48. The number of hydrogen-bond acceptors (Lipinski definition) is 4. The number of aliphatic hydroxyl groups is 1. The Kier molecular flexibility index (Phi) is 3.49. The van der Waals surface area contributed by atoms with Crippen LogP contribution in [0.5, 0.6) is 0 Å². The Labute approximate surface area is 80.8 Å². The standard InChI is InChI=1S/C9H10N2O3/c12-7-1-6-10-8-2-4-9(5-3-8)11(13)14/h1-5,7,10,12H,6H2. The Morgan fingerprint density at radius 1 is 1.43 bits per heavy atom. The van der Waals surface area contributed by atoms with Gasteiger partial charge in [-0.25, -0.2) is 0 Å². The Hall–Kier alpha value is -2.04. The van der Waals surface area contributed by atoms with Gasteiger partial charge in [-0.15, -0.1) is 0 Å². The molecule has 0 aliphatic rings. The summed E-state index contributed by atoms with van der Waals surface area (Å²) in [6, 6.07) is 6.07. The van der Waals surface area contributed by atoms with Crippen molar-refractivity contribution < 1.29 is 10.0 Å². The first-order valence-electron chi connectivity index (χ1n) is 4.01. The van der Waals surface area contributed by atoms with Gasteiger partial charge in [-0.1, -0.05) is 0 Å². The minimum Gasteiger partial charge on any atom is -0.516 e. The first kappa shape index (κ1) is 10.0. The van der Waals surface area contributed by atoms with Crippen LogP contribution in [-0.4, -0.2) is 16.6 Å². The Morgan fingerprint density at radius 3 is 2.57 bits per heavy atom. The minimum atomic E-state index is -0.447. The molecular weight excluding hydrogens is 184 g/mol. The van der Waals surface area contributed by atoms with Crippen LogP contribution in [0.4, 0.5) is 11.4 Å². The van der Waals surface area contributed by atoms with Crippen molar-refractivity contribution in [2.24, 2.45) is 0 Å². The van der Waals surface area contributed by atoms with Crippen LogP contribution in [0.3, 0.4) is 0 Å². The third-order valence-corrected chi connectivity index (χ3v) is 1.61. The highest BCUT2D eigenvalue weighted by Crippen LogP contribution is 2.14. The molecule has 0 spiro atoms. The number of aliphatic hydroxyl groups excluding tert-OH is 1. The van der Waals surface area contributed by atoms with Crippen molar-refractivity contribution in [2.75, 3.05) is 11.9 Å². The van der Waals surface area contributed by atoms with Gasteiger partial charge in [-0.2, -0.15) is 0 Å². The van der Waals surface area contributed by atoms with Crippen LogP contribution >= 0.6 is 0 Å². The number of nitro benzene ring substituents is 1. The van der Waals surface area contributed by atoms with Gasteiger partial charge in [0.25, 0.3) is 5.69 Å². The summed E-state index contributed by atoms with van der Waals surface area (Å²) in [6.45, 7) is 0.480. The van der Waals surface area contributed by atoms with Gasteiger partial charge in [-0.3, -0.25) is 10.1 Å². The predicted molar refractivity (Wildman–Crippen MR) is 53.4 cm³/mol. The van der Waals surface area contributed by atoms with E-state index in [0.29, 0.717) is 6.54 Å². The molecule has 14 heavy (non-hydrogen) atoms. The lowest BCUT2D eigenvalue weighted by Gasteiger charge is -2.01. The molecule has 0 bridgehead atoms. The average molecular weight is 194 g/mol. The van der Waals surface area contributed by atoms with Gasteiger partial charge < -0.3 is 10.4 Å². The second kappa shape index (κ2) is 4.86. The largest absolute Gasteiger partial charge is 0.516 e. The Balaban J connectivity index is 2.59. The van der Waals surface area contributed by atoms with Crippen LogP contribution in [0.15, 0.2) is 36.6 Å².